The van der Waals surface area contributed by atoms with Gasteiger partial charge in [-0.2, -0.15) is 4.31 Å². The topological polar surface area (TPSA) is 107 Å². The summed E-state index contributed by atoms with van der Waals surface area (Å²) in [4.78, 5) is 10.1. The largest absolute Gasteiger partial charge is 0.330 e. The van der Waals surface area contributed by atoms with Crippen molar-refractivity contribution < 1.29 is 13.3 Å². The summed E-state index contributed by atoms with van der Waals surface area (Å²) in [6, 6.07) is 4.85. The second-order valence-electron chi connectivity index (χ2n) is 5.27. The molecule has 1 aliphatic rings. The highest BCUT2D eigenvalue weighted by Crippen LogP contribution is 2.32. The predicted octanol–water partition coefficient (Wildman–Crippen LogP) is 1.34. The summed E-state index contributed by atoms with van der Waals surface area (Å²) in [5, 5.41) is 10.6. The average Bonchev–Trinajstić information content (AvgIpc) is 2.94. The Morgan fingerprint density at radius 1 is 1.33 bits per heavy atom. The number of sulfonamides is 1. The second-order valence-corrected chi connectivity index (χ2v) is 7.26. The number of hydrogen-bond donors (Lipinski definition) is 1. The van der Waals surface area contributed by atoms with E-state index >= 15 is 0 Å². The zero-order valence-corrected chi connectivity index (χ0v) is 12.6. The first-order valence-corrected chi connectivity index (χ1v) is 8.24. The molecule has 7 nitrogen and oxygen atoms in total. The fourth-order valence-corrected chi connectivity index (χ4v) is 4.30. The molecule has 21 heavy (non-hydrogen) atoms. The zero-order valence-electron chi connectivity index (χ0n) is 11.8. The number of benzene rings is 1. The van der Waals surface area contributed by atoms with E-state index in [0.717, 1.165) is 19.3 Å². The molecule has 0 amide bonds. The fourth-order valence-electron chi connectivity index (χ4n) is 2.86. The van der Waals surface area contributed by atoms with Gasteiger partial charge in [-0.25, -0.2) is 8.42 Å². The molecule has 2 atom stereocenters. The lowest BCUT2D eigenvalue weighted by Crippen LogP contribution is -2.41. The molecular formula is C13H19N3O4S. The van der Waals surface area contributed by atoms with Crippen molar-refractivity contribution >= 4 is 15.7 Å². The lowest BCUT2D eigenvalue weighted by molar-refractivity contribution is -0.384. The number of nitro benzene ring substituents is 1. The highest BCUT2D eigenvalue weighted by molar-refractivity contribution is 7.89. The molecule has 116 valence electrons. The molecular weight excluding hydrogens is 294 g/mol. The second kappa shape index (κ2) is 6.08. The lowest BCUT2D eigenvalue weighted by atomic mass is 10.0. The molecule has 0 radical (unpaired) electrons. The van der Waals surface area contributed by atoms with Crippen molar-refractivity contribution in [2.45, 2.75) is 30.2 Å². The van der Waals surface area contributed by atoms with Gasteiger partial charge in [0.2, 0.25) is 10.0 Å². The summed E-state index contributed by atoms with van der Waals surface area (Å²) < 4.78 is 26.5. The summed E-state index contributed by atoms with van der Waals surface area (Å²) in [5.74, 6) is 0.169. The molecule has 1 saturated carbocycles. The van der Waals surface area contributed by atoms with Crippen molar-refractivity contribution in [2.24, 2.45) is 11.7 Å². The molecule has 2 unspecified atom stereocenters. The Morgan fingerprint density at radius 2 is 1.95 bits per heavy atom. The summed E-state index contributed by atoms with van der Waals surface area (Å²) in [6.45, 7) is 0.463. The Hall–Kier alpha value is -1.51. The number of nitrogens with zero attached hydrogens (tertiary/aromatic N) is 2. The molecule has 0 aliphatic heterocycles. The summed E-state index contributed by atoms with van der Waals surface area (Å²) in [7, 11) is -2.10. The van der Waals surface area contributed by atoms with E-state index in [2.05, 4.69) is 0 Å². The van der Waals surface area contributed by atoms with E-state index in [9.17, 15) is 18.5 Å². The van der Waals surface area contributed by atoms with Gasteiger partial charge in [0.05, 0.1) is 9.82 Å². The molecule has 0 aromatic heterocycles. The van der Waals surface area contributed by atoms with Crippen LogP contribution in [0.5, 0.6) is 0 Å². The van der Waals surface area contributed by atoms with E-state index in [1.807, 2.05) is 0 Å². The Labute approximate surface area is 123 Å². The maximum atomic E-state index is 12.6. The van der Waals surface area contributed by atoms with Crippen LogP contribution in [0.1, 0.15) is 19.3 Å². The molecule has 0 heterocycles. The van der Waals surface area contributed by atoms with E-state index in [4.69, 9.17) is 5.73 Å². The van der Waals surface area contributed by atoms with Gasteiger partial charge in [-0.1, -0.05) is 6.42 Å². The van der Waals surface area contributed by atoms with Crippen molar-refractivity contribution in [3.8, 4) is 0 Å². The molecule has 0 saturated heterocycles. The van der Waals surface area contributed by atoms with Crippen molar-refractivity contribution in [3.63, 3.8) is 0 Å². The quantitative estimate of drug-likeness (QED) is 0.652. The standard InChI is InChI=1S/C13H19N3O4S/c1-15(13-4-2-3-10(13)9-14)21(19,20)12-7-5-11(6-8-12)16(17)18/h5-8,10,13H,2-4,9,14H2,1H3. The molecule has 2 rings (SSSR count). The van der Waals surface area contributed by atoms with Gasteiger partial charge in [-0.05, 0) is 37.4 Å². The van der Waals surface area contributed by atoms with E-state index in [-0.39, 0.29) is 22.5 Å². The summed E-state index contributed by atoms with van der Waals surface area (Å²) in [5.41, 5.74) is 5.57. The van der Waals surface area contributed by atoms with Crippen LogP contribution in [0.3, 0.4) is 0 Å². The number of nitrogens with two attached hydrogens (primary N) is 1. The highest BCUT2D eigenvalue weighted by Gasteiger charge is 2.35. The number of hydrogen-bond acceptors (Lipinski definition) is 5. The SMILES string of the molecule is CN(C1CCCC1CN)S(=O)(=O)c1ccc([N+](=O)[O-])cc1. The van der Waals surface area contributed by atoms with Crippen LogP contribution in [0.2, 0.25) is 0 Å². The normalized spacial score (nSPS) is 22.6. The molecule has 8 heteroatoms. The van der Waals surface area contributed by atoms with Gasteiger partial charge >= 0.3 is 0 Å². The molecule has 1 aromatic rings. The molecule has 1 fully saturated rings. The van der Waals surface area contributed by atoms with Gasteiger partial charge in [-0.15, -0.1) is 0 Å². The van der Waals surface area contributed by atoms with Gasteiger partial charge in [0.1, 0.15) is 0 Å². The van der Waals surface area contributed by atoms with Gasteiger partial charge in [-0.3, -0.25) is 10.1 Å². The maximum Gasteiger partial charge on any atom is 0.269 e. The molecule has 0 bridgehead atoms. The van der Waals surface area contributed by atoms with Gasteiger partial charge < -0.3 is 5.73 Å². The van der Waals surface area contributed by atoms with Gasteiger partial charge in [0.25, 0.3) is 5.69 Å². The van der Waals surface area contributed by atoms with Crippen molar-refractivity contribution in [3.05, 3.63) is 34.4 Å². The third-order valence-corrected chi connectivity index (χ3v) is 6.01. The Morgan fingerprint density at radius 3 is 2.48 bits per heavy atom. The molecule has 1 aromatic carbocycles. The first-order valence-electron chi connectivity index (χ1n) is 6.80. The Bertz CT molecular complexity index is 615. The summed E-state index contributed by atoms with van der Waals surface area (Å²) in [6.07, 6.45) is 2.69. The third-order valence-electron chi connectivity index (χ3n) is 4.11. The number of nitro groups is 1. The van der Waals surface area contributed by atoms with Crippen LogP contribution in [0, 0.1) is 16.0 Å². The van der Waals surface area contributed by atoms with Gasteiger partial charge in [0.15, 0.2) is 0 Å². The third kappa shape index (κ3) is 3.07. The van der Waals surface area contributed by atoms with Crippen LogP contribution in [-0.2, 0) is 10.0 Å². The van der Waals surface area contributed by atoms with E-state index < -0.39 is 14.9 Å². The monoisotopic (exact) mass is 313 g/mol. The highest BCUT2D eigenvalue weighted by atomic mass is 32.2. The molecule has 0 spiro atoms. The lowest BCUT2D eigenvalue weighted by Gasteiger charge is -2.28. The minimum Gasteiger partial charge on any atom is -0.330 e. The maximum absolute atomic E-state index is 12.6. The average molecular weight is 313 g/mol. The van der Waals surface area contributed by atoms with Crippen LogP contribution in [0.15, 0.2) is 29.2 Å². The molecule has 2 N–H and O–H groups in total. The number of non-ortho nitro benzene ring substituents is 1. The van der Waals surface area contributed by atoms with Crippen LogP contribution in [0.4, 0.5) is 5.69 Å². The van der Waals surface area contributed by atoms with E-state index in [0.29, 0.717) is 6.54 Å². The van der Waals surface area contributed by atoms with Crippen LogP contribution >= 0.6 is 0 Å². The number of rotatable bonds is 5. The van der Waals surface area contributed by atoms with Crippen LogP contribution in [-0.4, -0.2) is 37.3 Å². The Balaban J connectivity index is 2.26. The van der Waals surface area contributed by atoms with E-state index in [1.165, 1.54) is 28.6 Å². The van der Waals surface area contributed by atoms with Crippen LogP contribution < -0.4 is 5.73 Å². The molecule has 1 aliphatic carbocycles. The first kappa shape index (κ1) is 15.9. The first-order chi connectivity index (χ1) is 9.87. The smallest absolute Gasteiger partial charge is 0.269 e. The van der Waals surface area contributed by atoms with E-state index in [1.54, 1.807) is 7.05 Å². The zero-order chi connectivity index (χ0) is 15.6. The van der Waals surface area contributed by atoms with Crippen molar-refractivity contribution in [1.29, 1.82) is 0 Å². The van der Waals surface area contributed by atoms with Crippen LogP contribution in [0.25, 0.3) is 0 Å². The fraction of sp³-hybridized carbons (Fsp3) is 0.538. The van der Waals surface area contributed by atoms with Crippen molar-refractivity contribution in [2.75, 3.05) is 13.6 Å². The Kier molecular flexibility index (Phi) is 4.60. The predicted molar refractivity (Wildman–Crippen MR) is 78.2 cm³/mol. The minimum absolute atomic E-state index is 0.0678. The van der Waals surface area contributed by atoms with Crippen molar-refractivity contribution in [1.82, 2.24) is 4.31 Å². The summed E-state index contributed by atoms with van der Waals surface area (Å²) >= 11 is 0. The van der Waals surface area contributed by atoms with Gasteiger partial charge in [0, 0.05) is 25.2 Å². The minimum atomic E-state index is -3.65.